The van der Waals surface area contributed by atoms with E-state index in [2.05, 4.69) is 5.32 Å². The Morgan fingerprint density at radius 3 is 2.80 bits per heavy atom. The first kappa shape index (κ1) is 14.6. The van der Waals surface area contributed by atoms with Gasteiger partial charge in [-0.25, -0.2) is 0 Å². The van der Waals surface area contributed by atoms with Crippen molar-refractivity contribution in [1.82, 2.24) is 5.32 Å². The fourth-order valence-electron chi connectivity index (χ4n) is 1.72. The van der Waals surface area contributed by atoms with Crippen LogP contribution < -0.4 is 5.32 Å². The minimum Gasteiger partial charge on any atom is -0.480 e. The lowest BCUT2D eigenvalue weighted by molar-refractivity contribution is -0.139. The zero-order valence-corrected chi connectivity index (χ0v) is 12.1. The number of benzene rings is 1. The van der Waals surface area contributed by atoms with Crippen LogP contribution in [0.25, 0.3) is 11.3 Å². The first-order valence-corrected chi connectivity index (χ1v) is 6.66. The molecule has 0 saturated heterocycles. The third kappa shape index (κ3) is 3.40. The molecule has 0 aliphatic heterocycles. The summed E-state index contributed by atoms with van der Waals surface area (Å²) in [7, 11) is 0. The summed E-state index contributed by atoms with van der Waals surface area (Å²) in [5.74, 6) is 0.513. The molecule has 20 heavy (non-hydrogen) atoms. The predicted molar refractivity (Wildman–Crippen MR) is 77.8 cm³/mol. The van der Waals surface area contributed by atoms with Crippen molar-refractivity contribution in [3.63, 3.8) is 0 Å². The van der Waals surface area contributed by atoms with E-state index in [1.54, 1.807) is 6.92 Å². The number of hydrogen-bond donors (Lipinski definition) is 2. The van der Waals surface area contributed by atoms with E-state index in [4.69, 9.17) is 21.1 Å². The molecule has 0 saturated carbocycles. The van der Waals surface area contributed by atoms with E-state index in [0.29, 0.717) is 23.1 Å². The first-order chi connectivity index (χ1) is 9.47. The standard InChI is InChI=1S/C15H16ClNO3/c1-9-3-4-11(7-13(9)16)14-6-5-12(20-14)8-17-10(2)15(18)19/h3-7,10,17H,8H2,1-2H3,(H,18,19). The van der Waals surface area contributed by atoms with Crippen molar-refractivity contribution in [1.29, 1.82) is 0 Å². The molecule has 0 radical (unpaired) electrons. The highest BCUT2D eigenvalue weighted by Crippen LogP contribution is 2.26. The van der Waals surface area contributed by atoms with Crippen LogP contribution in [-0.4, -0.2) is 17.1 Å². The summed E-state index contributed by atoms with van der Waals surface area (Å²) in [5, 5.41) is 12.3. The Kier molecular flexibility index (Phi) is 4.47. The molecule has 0 aliphatic rings. The van der Waals surface area contributed by atoms with Gasteiger partial charge in [0.05, 0.1) is 6.54 Å². The molecule has 1 unspecified atom stereocenters. The average Bonchev–Trinajstić information content (AvgIpc) is 2.87. The molecule has 1 aromatic carbocycles. The normalized spacial score (nSPS) is 12.3. The van der Waals surface area contributed by atoms with Crippen LogP contribution >= 0.6 is 11.6 Å². The summed E-state index contributed by atoms with van der Waals surface area (Å²) in [6, 6.07) is 8.79. The maximum absolute atomic E-state index is 10.7. The number of carboxylic acids is 1. The van der Waals surface area contributed by atoms with Crippen LogP contribution in [0.3, 0.4) is 0 Å². The molecule has 106 valence electrons. The summed E-state index contributed by atoms with van der Waals surface area (Å²) in [6.07, 6.45) is 0. The quantitative estimate of drug-likeness (QED) is 0.886. The van der Waals surface area contributed by atoms with Crippen LogP contribution in [0.2, 0.25) is 5.02 Å². The molecule has 0 amide bonds. The molecule has 2 aromatic rings. The van der Waals surface area contributed by atoms with Gasteiger partial charge in [0.1, 0.15) is 17.6 Å². The van der Waals surface area contributed by atoms with Crippen molar-refractivity contribution in [3.05, 3.63) is 46.7 Å². The molecule has 0 fully saturated rings. The second kappa shape index (κ2) is 6.11. The Morgan fingerprint density at radius 1 is 1.40 bits per heavy atom. The van der Waals surface area contributed by atoms with E-state index in [1.165, 1.54) is 0 Å². The molecule has 1 aromatic heterocycles. The van der Waals surface area contributed by atoms with Crippen LogP contribution in [0.15, 0.2) is 34.7 Å². The molecule has 2 N–H and O–H groups in total. The van der Waals surface area contributed by atoms with Crippen LogP contribution in [0, 0.1) is 6.92 Å². The minimum absolute atomic E-state index is 0.368. The summed E-state index contributed by atoms with van der Waals surface area (Å²) >= 11 is 6.09. The highest BCUT2D eigenvalue weighted by Gasteiger charge is 2.11. The average molecular weight is 294 g/mol. The highest BCUT2D eigenvalue weighted by molar-refractivity contribution is 6.31. The van der Waals surface area contributed by atoms with Gasteiger partial charge in [0, 0.05) is 10.6 Å². The topological polar surface area (TPSA) is 62.5 Å². The largest absolute Gasteiger partial charge is 0.480 e. The van der Waals surface area contributed by atoms with Crippen molar-refractivity contribution in [2.45, 2.75) is 26.4 Å². The van der Waals surface area contributed by atoms with Crippen LogP contribution in [0.1, 0.15) is 18.2 Å². The second-order valence-electron chi connectivity index (χ2n) is 4.67. The fraction of sp³-hybridized carbons (Fsp3) is 0.267. The lowest BCUT2D eigenvalue weighted by Gasteiger charge is -2.06. The molecule has 1 atom stereocenters. The number of furan rings is 1. The van der Waals surface area contributed by atoms with Crippen molar-refractivity contribution >= 4 is 17.6 Å². The lowest BCUT2D eigenvalue weighted by Crippen LogP contribution is -2.32. The molecule has 4 nitrogen and oxygen atoms in total. The number of rotatable bonds is 5. The van der Waals surface area contributed by atoms with Crippen LogP contribution in [-0.2, 0) is 11.3 Å². The van der Waals surface area contributed by atoms with Gasteiger partial charge in [0.25, 0.3) is 0 Å². The Bertz CT molecular complexity index is 621. The summed E-state index contributed by atoms with van der Waals surface area (Å²) < 4.78 is 5.68. The molecule has 1 heterocycles. The van der Waals surface area contributed by atoms with E-state index >= 15 is 0 Å². The van der Waals surface area contributed by atoms with Gasteiger partial charge in [0.2, 0.25) is 0 Å². The summed E-state index contributed by atoms with van der Waals surface area (Å²) in [5.41, 5.74) is 1.91. The Hall–Kier alpha value is -1.78. The van der Waals surface area contributed by atoms with Gasteiger partial charge in [-0.1, -0.05) is 23.7 Å². The SMILES string of the molecule is Cc1ccc(-c2ccc(CNC(C)C(=O)O)o2)cc1Cl. The summed E-state index contributed by atoms with van der Waals surface area (Å²) in [6.45, 7) is 3.90. The number of halogens is 1. The number of nitrogens with one attached hydrogen (secondary N) is 1. The zero-order chi connectivity index (χ0) is 14.7. The van der Waals surface area contributed by atoms with Gasteiger partial charge in [-0.05, 0) is 37.6 Å². The van der Waals surface area contributed by atoms with Crippen LogP contribution in [0.5, 0.6) is 0 Å². The van der Waals surface area contributed by atoms with Gasteiger partial charge >= 0.3 is 5.97 Å². The van der Waals surface area contributed by atoms with Gasteiger partial charge in [0.15, 0.2) is 0 Å². The third-order valence-electron chi connectivity index (χ3n) is 3.07. The van der Waals surface area contributed by atoms with E-state index in [0.717, 1.165) is 11.1 Å². The molecule has 0 aliphatic carbocycles. The Labute approximate surface area is 122 Å². The van der Waals surface area contributed by atoms with E-state index in [1.807, 2.05) is 37.3 Å². The number of carbonyl (C=O) groups is 1. The second-order valence-corrected chi connectivity index (χ2v) is 5.08. The molecule has 0 spiro atoms. The van der Waals surface area contributed by atoms with Gasteiger partial charge in [-0.2, -0.15) is 0 Å². The molecular weight excluding hydrogens is 278 g/mol. The zero-order valence-electron chi connectivity index (χ0n) is 11.3. The minimum atomic E-state index is -0.887. The van der Waals surface area contributed by atoms with Gasteiger partial charge in [-0.15, -0.1) is 0 Å². The highest BCUT2D eigenvalue weighted by atomic mass is 35.5. The van der Waals surface area contributed by atoms with E-state index in [9.17, 15) is 4.79 Å². The summed E-state index contributed by atoms with van der Waals surface area (Å²) in [4.78, 5) is 10.7. The predicted octanol–water partition coefficient (Wildman–Crippen LogP) is 3.47. The Morgan fingerprint density at radius 2 is 2.15 bits per heavy atom. The molecule has 0 bridgehead atoms. The maximum Gasteiger partial charge on any atom is 0.320 e. The number of aliphatic carboxylic acids is 1. The number of carboxylic acid groups (broad SMARTS) is 1. The number of aryl methyl sites for hydroxylation is 1. The fourth-order valence-corrected chi connectivity index (χ4v) is 1.90. The van der Waals surface area contributed by atoms with Gasteiger partial charge < -0.3 is 9.52 Å². The van der Waals surface area contributed by atoms with E-state index in [-0.39, 0.29) is 0 Å². The lowest BCUT2D eigenvalue weighted by atomic mass is 10.1. The molecular formula is C15H16ClNO3. The van der Waals surface area contributed by atoms with Crippen LogP contribution in [0.4, 0.5) is 0 Å². The first-order valence-electron chi connectivity index (χ1n) is 6.29. The van der Waals surface area contributed by atoms with Crippen molar-refractivity contribution < 1.29 is 14.3 Å². The van der Waals surface area contributed by atoms with Crippen molar-refractivity contribution in [3.8, 4) is 11.3 Å². The maximum atomic E-state index is 10.7. The molecule has 5 heteroatoms. The Balaban J connectivity index is 2.08. The number of hydrogen-bond acceptors (Lipinski definition) is 3. The smallest absolute Gasteiger partial charge is 0.320 e. The monoisotopic (exact) mass is 293 g/mol. The third-order valence-corrected chi connectivity index (χ3v) is 3.48. The van der Waals surface area contributed by atoms with E-state index < -0.39 is 12.0 Å². The molecule has 2 rings (SSSR count). The van der Waals surface area contributed by atoms with Crippen molar-refractivity contribution in [2.24, 2.45) is 0 Å². The van der Waals surface area contributed by atoms with Crippen molar-refractivity contribution in [2.75, 3.05) is 0 Å². The van der Waals surface area contributed by atoms with Gasteiger partial charge in [-0.3, -0.25) is 10.1 Å².